The second-order valence-electron chi connectivity index (χ2n) is 9.56. The summed E-state index contributed by atoms with van der Waals surface area (Å²) < 4.78 is 28.3. The van der Waals surface area contributed by atoms with Gasteiger partial charge in [-0.15, -0.1) is 0 Å². The molecule has 1 saturated heterocycles. The lowest BCUT2D eigenvalue weighted by Gasteiger charge is -2.28. The van der Waals surface area contributed by atoms with E-state index in [0.717, 1.165) is 41.0 Å². The standard InChI is InChI=1S/C29H31N5O2S2/c1-5-21-10-6-7-12-26(21)33-19(2)18-24(20(33)3)28-27(25-11-8-9-17-30-25)31-29(37)34(28)23-15-13-22(14-16-23)32-38(4,35)36/h6-18,27-28,32H,5H2,1-4H3,(H,31,37)/t27-,28+/m1/s1. The molecule has 0 unspecified atom stereocenters. The zero-order valence-electron chi connectivity index (χ0n) is 21.8. The van der Waals surface area contributed by atoms with Gasteiger partial charge in [0, 0.05) is 34.6 Å². The van der Waals surface area contributed by atoms with Gasteiger partial charge in [0.05, 0.1) is 24.0 Å². The second kappa shape index (κ2) is 10.2. The van der Waals surface area contributed by atoms with Crippen LogP contribution in [-0.4, -0.2) is 29.3 Å². The number of anilines is 2. The maximum atomic E-state index is 11.7. The van der Waals surface area contributed by atoms with Crippen LogP contribution in [0.4, 0.5) is 11.4 Å². The van der Waals surface area contributed by atoms with E-state index >= 15 is 0 Å². The van der Waals surface area contributed by atoms with Gasteiger partial charge in [-0.05, 0) is 92.1 Å². The Morgan fingerprint density at radius 1 is 1.03 bits per heavy atom. The van der Waals surface area contributed by atoms with E-state index in [4.69, 9.17) is 12.2 Å². The molecule has 1 aliphatic heterocycles. The molecule has 2 aromatic heterocycles. The van der Waals surface area contributed by atoms with Crippen LogP contribution in [0.3, 0.4) is 0 Å². The van der Waals surface area contributed by atoms with Gasteiger partial charge >= 0.3 is 0 Å². The third kappa shape index (κ3) is 4.91. The maximum absolute atomic E-state index is 11.7. The normalized spacial score (nSPS) is 17.5. The minimum absolute atomic E-state index is 0.167. The molecule has 9 heteroatoms. The molecular formula is C29H31N5O2S2. The van der Waals surface area contributed by atoms with Crippen LogP contribution in [0.1, 0.15) is 47.2 Å². The molecule has 7 nitrogen and oxygen atoms in total. The molecule has 2 N–H and O–H groups in total. The van der Waals surface area contributed by atoms with Gasteiger partial charge in [0.15, 0.2) is 5.11 Å². The van der Waals surface area contributed by atoms with Crippen molar-refractivity contribution in [3.8, 4) is 5.69 Å². The highest BCUT2D eigenvalue weighted by Gasteiger charge is 2.42. The minimum atomic E-state index is -3.37. The van der Waals surface area contributed by atoms with Crippen molar-refractivity contribution in [2.75, 3.05) is 15.9 Å². The van der Waals surface area contributed by atoms with Crippen LogP contribution < -0.4 is 14.9 Å². The molecule has 0 spiro atoms. The zero-order valence-corrected chi connectivity index (χ0v) is 23.5. The number of rotatable bonds is 7. The Bertz CT molecular complexity index is 1580. The predicted octanol–water partition coefficient (Wildman–Crippen LogP) is 5.60. The molecule has 0 saturated carbocycles. The molecule has 1 aliphatic rings. The van der Waals surface area contributed by atoms with Crippen molar-refractivity contribution < 1.29 is 8.42 Å². The van der Waals surface area contributed by atoms with Crippen molar-refractivity contribution in [2.24, 2.45) is 0 Å². The molecule has 0 amide bonds. The first-order valence-electron chi connectivity index (χ1n) is 12.5. The summed E-state index contributed by atoms with van der Waals surface area (Å²) in [6, 6.07) is 23.6. The Kier molecular flexibility index (Phi) is 6.98. The smallest absolute Gasteiger partial charge is 0.229 e. The third-order valence-electron chi connectivity index (χ3n) is 6.95. The first kappa shape index (κ1) is 25.9. The van der Waals surface area contributed by atoms with E-state index in [1.165, 1.54) is 11.3 Å². The van der Waals surface area contributed by atoms with E-state index in [1.54, 1.807) is 18.3 Å². The Morgan fingerprint density at radius 2 is 1.74 bits per heavy atom. The molecule has 0 aliphatic carbocycles. The number of thiocarbonyl (C=S) groups is 1. The number of hydrogen-bond acceptors (Lipinski definition) is 4. The Morgan fingerprint density at radius 3 is 2.39 bits per heavy atom. The van der Waals surface area contributed by atoms with Gasteiger partial charge in [-0.3, -0.25) is 9.71 Å². The summed E-state index contributed by atoms with van der Waals surface area (Å²) in [5.41, 5.74) is 8.16. The first-order chi connectivity index (χ1) is 18.2. The van der Waals surface area contributed by atoms with Crippen molar-refractivity contribution in [1.29, 1.82) is 0 Å². The van der Waals surface area contributed by atoms with E-state index in [2.05, 4.69) is 75.6 Å². The molecule has 0 radical (unpaired) electrons. The molecule has 2 atom stereocenters. The minimum Gasteiger partial charge on any atom is -0.351 e. The Hall–Kier alpha value is -3.69. The van der Waals surface area contributed by atoms with E-state index in [0.29, 0.717) is 10.8 Å². The van der Waals surface area contributed by atoms with Crippen LogP contribution in [0.2, 0.25) is 0 Å². The fourth-order valence-corrected chi connectivity index (χ4v) is 6.25. The molecule has 38 heavy (non-hydrogen) atoms. The van der Waals surface area contributed by atoms with E-state index < -0.39 is 10.0 Å². The highest BCUT2D eigenvalue weighted by Crippen LogP contribution is 2.44. The fraction of sp³-hybridized carbons (Fsp3) is 0.241. The van der Waals surface area contributed by atoms with Gasteiger partial charge < -0.3 is 14.8 Å². The predicted molar refractivity (Wildman–Crippen MR) is 157 cm³/mol. The number of nitrogens with one attached hydrogen (secondary N) is 2. The first-order valence-corrected chi connectivity index (χ1v) is 14.8. The Balaban J connectivity index is 1.64. The molecular weight excluding hydrogens is 514 g/mol. The van der Waals surface area contributed by atoms with Crippen molar-refractivity contribution in [2.45, 2.75) is 39.3 Å². The lowest BCUT2D eigenvalue weighted by molar-refractivity contribution is 0.565. The average molecular weight is 546 g/mol. The lowest BCUT2D eigenvalue weighted by atomic mass is 9.96. The number of aromatic nitrogens is 2. The summed E-state index contributed by atoms with van der Waals surface area (Å²) in [4.78, 5) is 6.77. The fourth-order valence-electron chi connectivity index (χ4n) is 5.34. The van der Waals surface area contributed by atoms with E-state index in [-0.39, 0.29) is 12.1 Å². The molecule has 5 rings (SSSR count). The summed E-state index contributed by atoms with van der Waals surface area (Å²) >= 11 is 5.88. The van der Waals surface area contributed by atoms with E-state index in [9.17, 15) is 8.42 Å². The summed E-state index contributed by atoms with van der Waals surface area (Å²) in [7, 11) is -3.37. The van der Waals surface area contributed by atoms with Gasteiger partial charge in [-0.1, -0.05) is 31.2 Å². The monoisotopic (exact) mass is 545 g/mol. The highest BCUT2D eigenvalue weighted by atomic mass is 32.2. The highest BCUT2D eigenvalue weighted by molar-refractivity contribution is 7.92. The lowest BCUT2D eigenvalue weighted by Crippen LogP contribution is -2.29. The third-order valence-corrected chi connectivity index (χ3v) is 7.87. The second-order valence-corrected chi connectivity index (χ2v) is 11.7. The van der Waals surface area contributed by atoms with E-state index in [1.807, 2.05) is 30.3 Å². The van der Waals surface area contributed by atoms with Gasteiger partial charge in [0.2, 0.25) is 10.0 Å². The topological polar surface area (TPSA) is 79.3 Å². The molecule has 2 aromatic carbocycles. The van der Waals surface area contributed by atoms with Gasteiger partial charge in [0.1, 0.15) is 0 Å². The van der Waals surface area contributed by atoms with Crippen molar-refractivity contribution >= 4 is 38.7 Å². The van der Waals surface area contributed by atoms with Crippen LogP contribution >= 0.6 is 12.2 Å². The summed E-state index contributed by atoms with van der Waals surface area (Å²) in [5.74, 6) is 0. The number of nitrogens with zero attached hydrogens (tertiary/aromatic N) is 3. The van der Waals surface area contributed by atoms with Gasteiger partial charge in [-0.25, -0.2) is 8.42 Å². The van der Waals surface area contributed by atoms with Gasteiger partial charge in [-0.2, -0.15) is 0 Å². The number of pyridine rings is 1. The maximum Gasteiger partial charge on any atom is 0.229 e. The van der Waals surface area contributed by atoms with Crippen molar-refractivity contribution in [1.82, 2.24) is 14.9 Å². The quantitative estimate of drug-likeness (QED) is 0.294. The number of hydrogen-bond donors (Lipinski definition) is 2. The van der Waals surface area contributed by atoms with Crippen LogP contribution in [0, 0.1) is 13.8 Å². The molecule has 196 valence electrons. The molecule has 1 fully saturated rings. The Labute approximate surface area is 229 Å². The summed E-state index contributed by atoms with van der Waals surface area (Å²) in [6.07, 6.45) is 3.88. The SMILES string of the molecule is CCc1ccccc1-n1c(C)cc([C@H]2[C@@H](c3ccccn3)NC(=S)N2c2ccc(NS(C)(=O)=O)cc2)c1C. The largest absolute Gasteiger partial charge is 0.351 e. The number of para-hydroxylation sites is 1. The zero-order chi connectivity index (χ0) is 27.0. The molecule has 0 bridgehead atoms. The van der Waals surface area contributed by atoms with Crippen LogP contribution in [0.15, 0.2) is 79.0 Å². The van der Waals surface area contributed by atoms with Crippen LogP contribution in [0.5, 0.6) is 0 Å². The van der Waals surface area contributed by atoms with Crippen molar-refractivity contribution in [3.63, 3.8) is 0 Å². The molecule has 4 aromatic rings. The van der Waals surface area contributed by atoms with Gasteiger partial charge in [0.25, 0.3) is 0 Å². The van der Waals surface area contributed by atoms with Crippen molar-refractivity contribution in [3.05, 3.63) is 107 Å². The number of sulfonamides is 1. The summed E-state index contributed by atoms with van der Waals surface area (Å²) in [6.45, 7) is 6.46. The number of aryl methyl sites for hydroxylation is 2. The summed E-state index contributed by atoms with van der Waals surface area (Å²) in [5, 5.41) is 4.10. The molecule has 3 heterocycles. The van der Waals surface area contributed by atoms with Crippen LogP contribution in [-0.2, 0) is 16.4 Å². The van der Waals surface area contributed by atoms with Crippen LogP contribution in [0.25, 0.3) is 5.69 Å². The number of benzene rings is 2. The average Bonchev–Trinajstić information content (AvgIpc) is 3.39.